The third kappa shape index (κ3) is 4.27. The van der Waals surface area contributed by atoms with Gasteiger partial charge in [-0.3, -0.25) is 19.6 Å². The number of nitrogens with zero attached hydrogens (tertiary/aromatic N) is 1. The van der Waals surface area contributed by atoms with Gasteiger partial charge in [0.1, 0.15) is 5.92 Å². The third-order valence-electron chi connectivity index (χ3n) is 3.54. The summed E-state index contributed by atoms with van der Waals surface area (Å²) in [4.78, 5) is 31.8. The molecule has 1 aliphatic rings. The maximum atomic E-state index is 11.3. The van der Waals surface area contributed by atoms with Gasteiger partial charge in [0.05, 0.1) is 0 Å². The van der Waals surface area contributed by atoms with Crippen molar-refractivity contribution in [3.05, 3.63) is 71.8 Å². The zero-order valence-electron chi connectivity index (χ0n) is 12.8. The van der Waals surface area contributed by atoms with Gasteiger partial charge in [-0.05, 0) is 11.1 Å². The summed E-state index contributed by atoms with van der Waals surface area (Å²) in [6.07, 6.45) is 0.296. The molecule has 1 aliphatic heterocycles. The van der Waals surface area contributed by atoms with Crippen LogP contribution in [0.1, 0.15) is 29.9 Å². The number of imide groups is 1. The van der Waals surface area contributed by atoms with Gasteiger partial charge >= 0.3 is 5.97 Å². The molecule has 3 rings (SSSR count). The van der Waals surface area contributed by atoms with Gasteiger partial charge < -0.3 is 5.11 Å². The van der Waals surface area contributed by atoms with Gasteiger partial charge in [0.2, 0.25) is 0 Å². The molecule has 0 bridgehead atoms. The first-order valence-electron chi connectivity index (χ1n) is 7.38. The molecular formula is C18H17NO5. The van der Waals surface area contributed by atoms with Gasteiger partial charge in [-0.2, -0.15) is 5.06 Å². The Morgan fingerprint density at radius 1 is 0.833 bits per heavy atom. The Bertz CT molecular complexity index is 659. The van der Waals surface area contributed by atoms with E-state index in [2.05, 4.69) is 0 Å². The van der Waals surface area contributed by atoms with Gasteiger partial charge in [0, 0.05) is 12.8 Å². The number of carboxylic acids is 1. The van der Waals surface area contributed by atoms with E-state index in [0.29, 0.717) is 0 Å². The predicted octanol–water partition coefficient (Wildman–Crippen LogP) is 2.43. The van der Waals surface area contributed by atoms with Crippen molar-refractivity contribution < 1.29 is 24.7 Å². The molecule has 2 amide bonds. The van der Waals surface area contributed by atoms with E-state index in [9.17, 15) is 19.5 Å². The number of carbonyl (C=O) groups excluding carboxylic acids is 2. The second kappa shape index (κ2) is 8.03. The van der Waals surface area contributed by atoms with Crippen LogP contribution in [0.25, 0.3) is 0 Å². The molecule has 6 heteroatoms. The summed E-state index contributed by atoms with van der Waals surface area (Å²) >= 11 is 0. The monoisotopic (exact) mass is 327 g/mol. The summed E-state index contributed by atoms with van der Waals surface area (Å²) in [6, 6.07) is 18.5. The van der Waals surface area contributed by atoms with E-state index in [1.165, 1.54) is 0 Å². The van der Waals surface area contributed by atoms with Crippen molar-refractivity contribution >= 4 is 17.8 Å². The van der Waals surface area contributed by atoms with E-state index in [0.717, 1.165) is 11.1 Å². The molecule has 0 aliphatic carbocycles. The van der Waals surface area contributed by atoms with Gasteiger partial charge in [-0.25, -0.2) is 0 Å². The van der Waals surface area contributed by atoms with Crippen molar-refractivity contribution in [3.8, 4) is 0 Å². The lowest BCUT2D eigenvalue weighted by molar-refractivity contribution is -0.171. The summed E-state index contributed by atoms with van der Waals surface area (Å²) in [5.41, 5.74) is 1.61. The van der Waals surface area contributed by atoms with E-state index in [-0.39, 0.29) is 17.9 Å². The second-order valence-electron chi connectivity index (χ2n) is 5.19. The molecule has 1 heterocycles. The third-order valence-corrected chi connectivity index (χ3v) is 3.54. The number of hydrogen-bond acceptors (Lipinski definition) is 4. The molecule has 1 fully saturated rings. The first-order valence-corrected chi connectivity index (χ1v) is 7.38. The SMILES string of the molecule is O=C(O)C(c1ccccc1)c1ccccc1.O=C1CCC(=O)N1O. The maximum absolute atomic E-state index is 11.3. The first kappa shape index (κ1) is 17.4. The van der Waals surface area contributed by atoms with Crippen LogP contribution < -0.4 is 0 Å². The van der Waals surface area contributed by atoms with E-state index in [1.54, 1.807) is 0 Å². The normalized spacial score (nSPS) is 13.7. The van der Waals surface area contributed by atoms with Gasteiger partial charge in [-0.1, -0.05) is 60.7 Å². The summed E-state index contributed by atoms with van der Waals surface area (Å²) < 4.78 is 0. The van der Waals surface area contributed by atoms with Crippen molar-refractivity contribution in [1.29, 1.82) is 0 Å². The minimum atomic E-state index is -0.822. The highest BCUT2D eigenvalue weighted by molar-refractivity contribution is 6.00. The lowest BCUT2D eigenvalue weighted by Gasteiger charge is -2.12. The Morgan fingerprint density at radius 3 is 1.46 bits per heavy atom. The fraction of sp³-hybridized carbons (Fsp3) is 0.167. The molecule has 2 N–H and O–H groups in total. The van der Waals surface area contributed by atoms with Crippen LogP contribution in [0.5, 0.6) is 0 Å². The van der Waals surface area contributed by atoms with E-state index >= 15 is 0 Å². The summed E-state index contributed by atoms with van der Waals surface area (Å²) in [5, 5.41) is 17.8. The zero-order chi connectivity index (χ0) is 17.5. The first-order chi connectivity index (χ1) is 11.5. The number of rotatable bonds is 3. The van der Waals surface area contributed by atoms with Crippen LogP contribution >= 0.6 is 0 Å². The molecule has 1 saturated heterocycles. The summed E-state index contributed by atoms with van der Waals surface area (Å²) in [6.45, 7) is 0. The smallest absolute Gasteiger partial charge is 0.315 e. The fourth-order valence-corrected chi connectivity index (χ4v) is 2.33. The standard InChI is InChI=1S/C14H12O2.C4H5NO3/c15-14(16)13(11-7-3-1-4-8-11)12-9-5-2-6-10-12;6-3-1-2-4(7)5(3)8/h1-10,13H,(H,15,16);8H,1-2H2. The number of benzene rings is 2. The number of aliphatic carboxylic acids is 1. The molecule has 124 valence electrons. The Morgan fingerprint density at radius 2 is 1.21 bits per heavy atom. The lowest BCUT2D eigenvalue weighted by atomic mass is 9.92. The summed E-state index contributed by atoms with van der Waals surface area (Å²) in [5.74, 6) is -2.41. The quantitative estimate of drug-likeness (QED) is 0.667. The van der Waals surface area contributed by atoms with Crippen LogP contribution in [-0.2, 0) is 14.4 Å². The van der Waals surface area contributed by atoms with Crippen LogP contribution in [0.15, 0.2) is 60.7 Å². The molecule has 0 radical (unpaired) electrons. The van der Waals surface area contributed by atoms with Gasteiger partial charge in [0.25, 0.3) is 11.8 Å². The molecule has 2 aromatic carbocycles. The minimum absolute atomic E-state index is 0.148. The number of carboxylic acid groups (broad SMARTS) is 1. The van der Waals surface area contributed by atoms with Crippen LogP contribution in [0.2, 0.25) is 0 Å². The highest BCUT2D eigenvalue weighted by Crippen LogP contribution is 2.24. The largest absolute Gasteiger partial charge is 0.481 e. The van der Waals surface area contributed by atoms with E-state index in [1.807, 2.05) is 60.7 Å². The average molecular weight is 327 g/mol. The number of amides is 2. The van der Waals surface area contributed by atoms with Crippen molar-refractivity contribution in [2.45, 2.75) is 18.8 Å². The Balaban J connectivity index is 0.000000219. The molecule has 2 aromatic rings. The Hall–Kier alpha value is -2.99. The van der Waals surface area contributed by atoms with E-state index in [4.69, 9.17) is 5.21 Å². The van der Waals surface area contributed by atoms with Crippen LogP contribution in [0.3, 0.4) is 0 Å². The van der Waals surface area contributed by atoms with Gasteiger partial charge in [0.15, 0.2) is 0 Å². The predicted molar refractivity (Wildman–Crippen MR) is 85.2 cm³/mol. The van der Waals surface area contributed by atoms with Gasteiger partial charge in [-0.15, -0.1) is 0 Å². The number of carbonyl (C=O) groups is 3. The number of hydrogen-bond donors (Lipinski definition) is 2. The molecule has 0 saturated carbocycles. The topological polar surface area (TPSA) is 94.9 Å². The van der Waals surface area contributed by atoms with Crippen LogP contribution in [0.4, 0.5) is 0 Å². The summed E-state index contributed by atoms with van der Waals surface area (Å²) in [7, 11) is 0. The average Bonchev–Trinajstić information content (AvgIpc) is 2.88. The molecule has 0 unspecified atom stereocenters. The second-order valence-corrected chi connectivity index (χ2v) is 5.19. The highest BCUT2D eigenvalue weighted by Gasteiger charge is 2.26. The van der Waals surface area contributed by atoms with Crippen molar-refractivity contribution in [3.63, 3.8) is 0 Å². The molecule has 24 heavy (non-hydrogen) atoms. The number of hydroxylamine groups is 2. The van der Waals surface area contributed by atoms with Crippen molar-refractivity contribution in [1.82, 2.24) is 5.06 Å². The van der Waals surface area contributed by atoms with Crippen molar-refractivity contribution in [2.24, 2.45) is 0 Å². The highest BCUT2D eigenvalue weighted by atomic mass is 16.5. The minimum Gasteiger partial charge on any atom is -0.481 e. The fourth-order valence-electron chi connectivity index (χ4n) is 2.33. The van der Waals surface area contributed by atoms with Crippen LogP contribution in [0, 0.1) is 0 Å². The molecular weight excluding hydrogens is 310 g/mol. The lowest BCUT2D eigenvalue weighted by Crippen LogP contribution is -2.24. The van der Waals surface area contributed by atoms with Crippen molar-refractivity contribution in [2.75, 3.05) is 0 Å². The molecule has 0 aromatic heterocycles. The Kier molecular flexibility index (Phi) is 5.81. The molecule has 6 nitrogen and oxygen atoms in total. The molecule has 0 atom stereocenters. The van der Waals surface area contributed by atoms with E-state index < -0.39 is 23.7 Å². The maximum Gasteiger partial charge on any atom is 0.315 e. The zero-order valence-corrected chi connectivity index (χ0v) is 12.8. The Labute approximate surface area is 138 Å². The van der Waals surface area contributed by atoms with Crippen LogP contribution in [-0.4, -0.2) is 33.2 Å². The molecule has 0 spiro atoms.